The molecule has 1 spiro atoms. The Labute approximate surface area is 175 Å². The molecule has 5 rings (SSSR count). The zero-order valence-electron chi connectivity index (χ0n) is 16.9. The number of carbonyl (C=O) groups excluding carboxylic acids is 2. The Morgan fingerprint density at radius 2 is 1.93 bits per heavy atom. The SMILES string of the molecule is COCCN1C(=O)C2(CCN(C(=O)c3ccnc4ccccc34)C2)c2ccccc21. The Hall–Kier alpha value is -3.25. The van der Waals surface area contributed by atoms with Gasteiger partial charge in [0.15, 0.2) is 0 Å². The minimum atomic E-state index is -0.678. The van der Waals surface area contributed by atoms with Crippen molar-refractivity contribution >= 4 is 28.4 Å². The van der Waals surface area contributed by atoms with Crippen LogP contribution in [0.5, 0.6) is 0 Å². The molecule has 0 saturated carbocycles. The second-order valence-corrected chi connectivity index (χ2v) is 7.90. The van der Waals surface area contributed by atoms with Crippen LogP contribution in [0.25, 0.3) is 10.9 Å². The number of ether oxygens (including phenoxy) is 1. The van der Waals surface area contributed by atoms with Crippen molar-refractivity contribution in [3.8, 4) is 0 Å². The fourth-order valence-electron chi connectivity index (χ4n) is 4.83. The van der Waals surface area contributed by atoms with E-state index in [1.807, 2.05) is 58.3 Å². The van der Waals surface area contributed by atoms with Crippen molar-refractivity contribution in [3.63, 3.8) is 0 Å². The minimum absolute atomic E-state index is 0.0499. The van der Waals surface area contributed by atoms with Crippen molar-refractivity contribution in [3.05, 3.63) is 71.9 Å². The topological polar surface area (TPSA) is 62.7 Å². The molecule has 30 heavy (non-hydrogen) atoms. The van der Waals surface area contributed by atoms with E-state index in [-0.39, 0.29) is 11.8 Å². The van der Waals surface area contributed by atoms with Gasteiger partial charge in [-0.15, -0.1) is 0 Å². The first-order chi connectivity index (χ1) is 14.7. The van der Waals surface area contributed by atoms with Gasteiger partial charge in [-0.1, -0.05) is 36.4 Å². The fourth-order valence-corrected chi connectivity index (χ4v) is 4.83. The maximum atomic E-state index is 13.5. The number of aromatic nitrogens is 1. The lowest BCUT2D eigenvalue weighted by atomic mass is 9.81. The van der Waals surface area contributed by atoms with E-state index < -0.39 is 5.41 Å². The Balaban J connectivity index is 1.49. The first kappa shape index (κ1) is 18.8. The third kappa shape index (κ3) is 2.71. The molecular weight excluding hydrogens is 378 g/mol. The summed E-state index contributed by atoms with van der Waals surface area (Å²) in [5, 5.41) is 0.839. The first-order valence-electron chi connectivity index (χ1n) is 10.2. The molecule has 1 unspecified atom stereocenters. The summed E-state index contributed by atoms with van der Waals surface area (Å²) in [4.78, 5) is 34.9. The number of benzene rings is 2. The lowest BCUT2D eigenvalue weighted by Crippen LogP contribution is -2.44. The first-order valence-corrected chi connectivity index (χ1v) is 10.2. The van der Waals surface area contributed by atoms with E-state index in [4.69, 9.17) is 4.74 Å². The van der Waals surface area contributed by atoms with Crippen molar-refractivity contribution in [1.29, 1.82) is 0 Å². The summed E-state index contributed by atoms with van der Waals surface area (Å²) in [6.07, 6.45) is 2.30. The standard InChI is InChI=1S/C24H23N3O3/c1-30-15-14-27-21-9-5-3-7-19(21)24(23(27)29)11-13-26(16-24)22(28)18-10-12-25-20-8-4-2-6-17(18)20/h2-10,12H,11,13-16H2,1H3. The van der Waals surface area contributed by atoms with E-state index >= 15 is 0 Å². The number of methoxy groups -OCH3 is 1. The Morgan fingerprint density at radius 3 is 2.80 bits per heavy atom. The van der Waals surface area contributed by atoms with Crippen LogP contribution >= 0.6 is 0 Å². The second kappa shape index (κ2) is 7.22. The molecule has 3 aromatic rings. The number of likely N-dealkylation sites (tertiary alicyclic amines) is 1. The number of amides is 2. The largest absolute Gasteiger partial charge is 0.383 e. The van der Waals surface area contributed by atoms with E-state index in [9.17, 15) is 9.59 Å². The smallest absolute Gasteiger partial charge is 0.254 e. The Bertz CT molecular complexity index is 1140. The summed E-state index contributed by atoms with van der Waals surface area (Å²) in [6.45, 7) is 1.92. The predicted molar refractivity (Wildman–Crippen MR) is 115 cm³/mol. The maximum absolute atomic E-state index is 13.5. The van der Waals surface area contributed by atoms with Gasteiger partial charge in [0.2, 0.25) is 5.91 Å². The van der Waals surface area contributed by atoms with Crippen LogP contribution in [0.15, 0.2) is 60.8 Å². The molecule has 2 aromatic carbocycles. The monoisotopic (exact) mass is 401 g/mol. The number of carbonyl (C=O) groups is 2. The quantitative estimate of drug-likeness (QED) is 0.674. The van der Waals surface area contributed by atoms with Gasteiger partial charge in [0.25, 0.3) is 5.91 Å². The highest BCUT2D eigenvalue weighted by atomic mass is 16.5. The third-order valence-electron chi connectivity index (χ3n) is 6.32. The molecule has 0 bridgehead atoms. The predicted octanol–water partition coefficient (Wildman–Crippen LogP) is 3.01. The van der Waals surface area contributed by atoms with Crippen LogP contribution in [-0.2, 0) is 14.9 Å². The number of anilines is 1. The Kier molecular flexibility index (Phi) is 4.51. The number of rotatable bonds is 4. The van der Waals surface area contributed by atoms with Gasteiger partial charge in [0, 0.05) is 44.0 Å². The van der Waals surface area contributed by atoms with Gasteiger partial charge in [-0.05, 0) is 30.2 Å². The molecule has 1 fully saturated rings. The van der Waals surface area contributed by atoms with Crippen molar-refractivity contribution in [1.82, 2.24) is 9.88 Å². The molecule has 6 nitrogen and oxygen atoms in total. The lowest BCUT2D eigenvalue weighted by Gasteiger charge is -2.24. The molecule has 152 valence electrons. The zero-order valence-corrected chi connectivity index (χ0v) is 16.9. The highest BCUT2D eigenvalue weighted by Gasteiger charge is 2.55. The molecule has 0 radical (unpaired) electrons. The fraction of sp³-hybridized carbons (Fsp3) is 0.292. The highest BCUT2D eigenvalue weighted by Crippen LogP contribution is 2.47. The van der Waals surface area contributed by atoms with Crippen LogP contribution in [0, 0.1) is 0 Å². The van der Waals surface area contributed by atoms with E-state index in [2.05, 4.69) is 4.98 Å². The molecule has 2 amide bonds. The number of pyridine rings is 1. The molecule has 2 aliphatic rings. The Morgan fingerprint density at radius 1 is 1.13 bits per heavy atom. The highest BCUT2D eigenvalue weighted by molar-refractivity contribution is 6.10. The number of fused-ring (bicyclic) bond motifs is 3. The van der Waals surface area contributed by atoms with Gasteiger partial charge >= 0.3 is 0 Å². The average Bonchev–Trinajstić information content (AvgIpc) is 3.33. The third-order valence-corrected chi connectivity index (χ3v) is 6.32. The van der Waals surface area contributed by atoms with Gasteiger partial charge in [0.1, 0.15) is 0 Å². The van der Waals surface area contributed by atoms with Crippen LogP contribution in [0.4, 0.5) is 5.69 Å². The lowest BCUT2D eigenvalue weighted by molar-refractivity contribution is -0.122. The molecule has 1 aromatic heterocycles. The zero-order chi connectivity index (χ0) is 20.7. The molecule has 2 aliphatic heterocycles. The maximum Gasteiger partial charge on any atom is 0.254 e. The van der Waals surface area contributed by atoms with Gasteiger partial charge in [0.05, 0.1) is 23.1 Å². The minimum Gasteiger partial charge on any atom is -0.383 e. The molecule has 6 heteroatoms. The van der Waals surface area contributed by atoms with E-state index in [0.29, 0.717) is 38.2 Å². The van der Waals surface area contributed by atoms with Crippen LogP contribution in [0.1, 0.15) is 22.3 Å². The van der Waals surface area contributed by atoms with Crippen molar-refractivity contribution in [2.24, 2.45) is 0 Å². The van der Waals surface area contributed by atoms with Gasteiger partial charge in [-0.25, -0.2) is 0 Å². The van der Waals surface area contributed by atoms with Crippen LogP contribution < -0.4 is 4.90 Å². The number of para-hydroxylation sites is 2. The summed E-state index contributed by atoms with van der Waals surface area (Å²) in [5.74, 6) is 0.0155. The molecule has 1 saturated heterocycles. The second-order valence-electron chi connectivity index (χ2n) is 7.90. The van der Waals surface area contributed by atoms with E-state index in [1.165, 1.54) is 0 Å². The molecule has 0 aliphatic carbocycles. The number of nitrogens with zero attached hydrogens (tertiary/aromatic N) is 3. The molecule has 3 heterocycles. The normalized spacial score (nSPS) is 20.4. The van der Waals surface area contributed by atoms with Gasteiger partial charge in [-0.3, -0.25) is 14.6 Å². The van der Waals surface area contributed by atoms with Crippen LogP contribution in [0.3, 0.4) is 0 Å². The molecule has 0 N–H and O–H groups in total. The van der Waals surface area contributed by atoms with E-state index in [0.717, 1.165) is 22.2 Å². The molecular formula is C24H23N3O3. The summed E-state index contributed by atoms with van der Waals surface area (Å²) >= 11 is 0. The van der Waals surface area contributed by atoms with Gasteiger partial charge < -0.3 is 14.5 Å². The van der Waals surface area contributed by atoms with Crippen molar-refractivity contribution in [2.75, 3.05) is 38.3 Å². The van der Waals surface area contributed by atoms with Crippen molar-refractivity contribution < 1.29 is 14.3 Å². The molecule has 1 atom stereocenters. The van der Waals surface area contributed by atoms with E-state index in [1.54, 1.807) is 19.4 Å². The van der Waals surface area contributed by atoms with Gasteiger partial charge in [-0.2, -0.15) is 0 Å². The summed E-state index contributed by atoms with van der Waals surface area (Å²) in [5.41, 5.74) is 2.70. The summed E-state index contributed by atoms with van der Waals surface area (Å²) in [7, 11) is 1.64. The number of hydrogen-bond acceptors (Lipinski definition) is 4. The van der Waals surface area contributed by atoms with Crippen LogP contribution in [-0.4, -0.2) is 55.0 Å². The number of hydrogen-bond donors (Lipinski definition) is 0. The summed E-state index contributed by atoms with van der Waals surface area (Å²) < 4.78 is 5.21. The average molecular weight is 401 g/mol. The van der Waals surface area contributed by atoms with Crippen molar-refractivity contribution in [2.45, 2.75) is 11.8 Å². The van der Waals surface area contributed by atoms with Crippen LogP contribution in [0.2, 0.25) is 0 Å². The summed E-state index contributed by atoms with van der Waals surface area (Å²) in [6, 6.07) is 17.3.